The number of imidazole rings is 2. The Morgan fingerprint density at radius 2 is 0.930 bits per heavy atom. The van der Waals surface area contributed by atoms with Gasteiger partial charge in [0.25, 0.3) is 0 Å². The van der Waals surface area contributed by atoms with Gasteiger partial charge in [-0.1, -0.05) is 60.7 Å². The van der Waals surface area contributed by atoms with Crippen LogP contribution in [0.4, 0.5) is 27.2 Å². The average Bonchev–Trinajstić information content (AvgIpc) is 4.21. The molecule has 2 aromatic carbocycles. The van der Waals surface area contributed by atoms with E-state index >= 15 is 0 Å². The maximum Gasteiger partial charge on any atom is 0.419 e. The lowest BCUT2D eigenvalue weighted by Gasteiger charge is -2.28. The minimum Gasteiger partial charge on any atom is -0.458 e. The third-order valence-corrected chi connectivity index (χ3v) is 17.4. The number of aromatic nitrogens is 4. The van der Waals surface area contributed by atoms with Crippen LogP contribution in [-0.4, -0.2) is 126 Å². The van der Waals surface area contributed by atoms with Crippen molar-refractivity contribution in [3.05, 3.63) is 109 Å². The number of fused-ring (bicyclic) bond motifs is 2. The molecule has 5 aliphatic rings. The van der Waals surface area contributed by atoms with E-state index in [9.17, 15) is 46.3 Å². The first-order valence-corrected chi connectivity index (χ1v) is 27.4. The quantitative estimate of drug-likeness (QED) is 0.0433. The molecular weight excluding hydrogens is 969 g/mol. The van der Waals surface area contributed by atoms with E-state index in [-0.39, 0.29) is 24.0 Å². The fourth-order valence-electron chi connectivity index (χ4n) is 8.85. The van der Waals surface area contributed by atoms with Gasteiger partial charge in [-0.25, -0.2) is 38.3 Å². The van der Waals surface area contributed by atoms with Crippen LogP contribution < -0.4 is 0 Å². The van der Waals surface area contributed by atoms with Crippen molar-refractivity contribution in [2.24, 2.45) is 11.8 Å². The predicted octanol–water partition coefficient (Wildman–Crippen LogP) is 9.17. The molecule has 0 N–H and O–H groups in total. The monoisotopic (exact) mass is 1030 g/mol. The van der Waals surface area contributed by atoms with Crippen LogP contribution in [0.15, 0.2) is 98.1 Å². The molecule has 5 fully saturated rings. The van der Waals surface area contributed by atoms with Crippen molar-refractivity contribution in [3.8, 4) is 0 Å². The zero-order valence-electron chi connectivity index (χ0n) is 39.9. The third-order valence-electron chi connectivity index (χ3n) is 12.6. The molecule has 2 aliphatic heterocycles. The first kappa shape index (κ1) is 54.8. The summed E-state index contributed by atoms with van der Waals surface area (Å²) in [6.45, 7) is 1.03. The highest BCUT2D eigenvalue weighted by Gasteiger charge is 2.51. The topological polar surface area (TPSA) is 175 Å². The molecule has 2 saturated heterocycles. The molecule has 20 heteroatoms. The largest absolute Gasteiger partial charge is 0.458 e. The third kappa shape index (κ3) is 17.4. The van der Waals surface area contributed by atoms with Gasteiger partial charge in [0.15, 0.2) is 11.5 Å². The SMILES string of the molecule is CC(F)(F)C(=O)OC1CC2CC1CC2OC(=O)n1ccnc1.CC(F)(F)C(=O)OC1CCC(OC(=O)n2ccnc2)CC1.O=C(C[S+]1CCCC1)c1ccccc1.O=C(C[S+]1CCCC1)c1ccccc1. The van der Waals surface area contributed by atoms with E-state index in [2.05, 4.69) is 9.97 Å². The van der Waals surface area contributed by atoms with Crippen molar-refractivity contribution in [3.63, 3.8) is 0 Å². The molecule has 71 heavy (non-hydrogen) atoms. The number of carbonyl (C=O) groups excluding carboxylic acids is 6. The molecule has 4 aromatic rings. The summed E-state index contributed by atoms with van der Waals surface area (Å²) in [4.78, 5) is 77.0. The molecule has 0 amide bonds. The molecule has 2 bridgehead atoms. The van der Waals surface area contributed by atoms with Crippen molar-refractivity contribution in [1.29, 1.82) is 0 Å². The molecular formula is C51H62F4N4O10S2+2. The normalized spacial score (nSPS) is 22.8. The number of ketones is 2. The number of halogens is 4. The molecule has 2 aromatic heterocycles. The Balaban J connectivity index is 0.000000158. The lowest BCUT2D eigenvalue weighted by atomic mass is 9.95. The molecule has 0 radical (unpaired) electrons. The molecule has 14 nitrogen and oxygen atoms in total. The number of Topliss-reactive ketones (excluding diaryl/α,β-unsaturated/α-hetero) is 2. The summed E-state index contributed by atoms with van der Waals surface area (Å²) >= 11 is 0. The standard InChI is InChI=1S/C14H16F2N2O4.C13H16F2N2O4.2C12H15OS/c1-14(15,16)12(19)21-10-5-9-4-8(10)6-11(9)22-13(20)18-3-2-17-7-18;1-13(14,15)11(18)20-9-2-4-10(5-3-9)21-12(19)17-7-6-16-8-17;2*13-12(10-14-8-4-5-9-14)11-6-2-1-3-7-11/h2-3,7-11H,4-6H2,1H3;6-10H,2-5H2,1H3;2*1-3,6-7H,4-5,8-10H2/q;;2*+1. The van der Waals surface area contributed by atoms with Gasteiger partial charge >= 0.3 is 36.0 Å². The number of hydrogen-bond acceptors (Lipinski definition) is 12. The van der Waals surface area contributed by atoms with Gasteiger partial charge in [0.1, 0.15) is 60.1 Å². The van der Waals surface area contributed by atoms with Crippen molar-refractivity contribution in [2.75, 3.05) is 34.5 Å². The Labute approximate surface area is 416 Å². The van der Waals surface area contributed by atoms with E-state index in [1.54, 1.807) is 0 Å². The number of carbonyl (C=O) groups is 6. The lowest BCUT2D eigenvalue weighted by molar-refractivity contribution is -0.178. The van der Waals surface area contributed by atoms with Gasteiger partial charge in [0, 0.05) is 49.8 Å². The summed E-state index contributed by atoms with van der Waals surface area (Å²) in [6.07, 6.45) is 14.6. The Morgan fingerprint density at radius 1 is 0.549 bits per heavy atom. The predicted molar refractivity (Wildman–Crippen MR) is 260 cm³/mol. The lowest BCUT2D eigenvalue weighted by Crippen LogP contribution is -2.36. The average molecular weight is 1030 g/mol. The van der Waals surface area contributed by atoms with Gasteiger partial charge in [0.2, 0.25) is 11.6 Å². The molecule has 4 atom stereocenters. The fourth-order valence-corrected chi connectivity index (χ4v) is 13.4. The minimum absolute atomic E-state index is 0.0307. The summed E-state index contributed by atoms with van der Waals surface area (Å²) in [5.41, 5.74) is 1.76. The van der Waals surface area contributed by atoms with Crippen molar-refractivity contribution >= 4 is 57.5 Å². The van der Waals surface area contributed by atoms with Gasteiger partial charge in [0.05, 0.1) is 0 Å². The molecule has 384 valence electrons. The van der Waals surface area contributed by atoms with E-state index < -0.39 is 48.2 Å². The zero-order chi connectivity index (χ0) is 51.0. The van der Waals surface area contributed by atoms with Crippen LogP contribution in [-0.2, 0) is 50.3 Å². The number of alkyl halides is 4. The number of rotatable bonds is 12. The maximum absolute atomic E-state index is 12.9. The first-order valence-electron chi connectivity index (χ1n) is 23.9. The van der Waals surface area contributed by atoms with Crippen LogP contribution in [0, 0.1) is 11.8 Å². The van der Waals surface area contributed by atoms with Gasteiger partial charge < -0.3 is 18.9 Å². The Kier molecular flexibility index (Phi) is 20.3. The van der Waals surface area contributed by atoms with Crippen LogP contribution in [0.1, 0.15) is 105 Å². The second-order valence-corrected chi connectivity index (χ2v) is 23.0. The highest BCUT2D eigenvalue weighted by Crippen LogP contribution is 2.48. The molecule has 0 spiro atoms. The molecule has 4 heterocycles. The van der Waals surface area contributed by atoms with Crippen LogP contribution >= 0.6 is 0 Å². The van der Waals surface area contributed by atoms with E-state index in [1.165, 1.54) is 95.3 Å². The van der Waals surface area contributed by atoms with Gasteiger partial charge in [-0.15, -0.1) is 0 Å². The molecule has 3 aliphatic carbocycles. The summed E-state index contributed by atoms with van der Waals surface area (Å²) in [5.74, 6) is -2.62. The minimum atomic E-state index is -3.48. The number of benzene rings is 2. The van der Waals surface area contributed by atoms with E-state index in [0.717, 1.165) is 29.1 Å². The Morgan fingerprint density at radius 3 is 1.31 bits per heavy atom. The second kappa shape index (κ2) is 26.3. The van der Waals surface area contributed by atoms with Crippen LogP contribution in [0.25, 0.3) is 0 Å². The van der Waals surface area contributed by atoms with E-state index in [0.29, 0.717) is 85.7 Å². The summed E-state index contributed by atoms with van der Waals surface area (Å²) < 4.78 is 73.9. The summed E-state index contributed by atoms with van der Waals surface area (Å²) in [6, 6.07) is 19.3. The summed E-state index contributed by atoms with van der Waals surface area (Å²) in [7, 11) is 0.785. The zero-order valence-corrected chi connectivity index (χ0v) is 41.6. The first-order chi connectivity index (χ1) is 33.9. The number of hydrogen-bond donors (Lipinski definition) is 0. The Bertz CT molecular complexity index is 2250. The molecule has 9 rings (SSSR count). The number of nitrogens with zero attached hydrogens (tertiary/aromatic N) is 4. The van der Waals surface area contributed by atoms with Crippen LogP contribution in [0.2, 0.25) is 0 Å². The smallest absolute Gasteiger partial charge is 0.419 e. The van der Waals surface area contributed by atoms with Gasteiger partial charge in [-0.2, -0.15) is 17.6 Å². The summed E-state index contributed by atoms with van der Waals surface area (Å²) in [5, 5.41) is 0. The number of esters is 2. The van der Waals surface area contributed by atoms with Gasteiger partial charge in [-0.3, -0.25) is 9.59 Å². The highest BCUT2D eigenvalue weighted by molar-refractivity contribution is 7.98. The van der Waals surface area contributed by atoms with E-state index in [4.69, 9.17) is 18.9 Å². The molecule has 3 saturated carbocycles. The maximum atomic E-state index is 12.9. The van der Waals surface area contributed by atoms with E-state index in [1.807, 2.05) is 60.7 Å². The van der Waals surface area contributed by atoms with Crippen molar-refractivity contribution < 1.29 is 65.3 Å². The number of ether oxygens (including phenoxy) is 4. The van der Waals surface area contributed by atoms with Crippen LogP contribution in [0.3, 0.4) is 0 Å². The highest BCUT2D eigenvalue weighted by atomic mass is 32.2. The molecule has 4 unspecified atom stereocenters. The second-order valence-electron chi connectivity index (χ2n) is 18.3. The van der Waals surface area contributed by atoms with Crippen molar-refractivity contribution in [2.45, 2.75) is 121 Å². The van der Waals surface area contributed by atoms with Crippen molar-refractivity contribution in [1.82, 2.24) is 19.1 Å². The Hall–Kier alpha value is -5.50. The fraction of sp³-hybridized carbons (Fsp3) is 0.529. The van der Waals surface area contributed by atoms with Gasteiger partial charge in [-0.05, 0) is 104 Å². The van der Waals surface area contributed by atoms with Crippen LogP contribution in [0.5, 0.6) is 0 Å².